The van der Waals surface area contributed by atoms with E-state index in [1.54, 1.807) is 0 Å². The number of hydrogen-bond donors (Lipinski definition) is 0. The van der Waals surface area contributed by atoms with Gasteiger partial charge in [0.15, 0.2) is 0 Å². The first-order valence-corrected chi connectivity index (χ1v) is 7.84. The Labute approximate surface area is 119 Å². The second-order valence-electron chi connectivity index (χ2n) is 5.99. The fourth-order valence-electron chi connectivity index (χ4n) is 2.64. The van der Waals surface area contributed by atoms with E-state index >= 15 is 0 Å². The predicted molar refractivity (Wildman–Crippen MR) is 82.5 cm³/mol. The summed E-state index contributed by atoms with van der Waals surface area (Å²) in [6, 6.07) is 0. The van der Waals surface area contributed by atoms with Gasteiger partial charge in [0, 0.05) is 23.7 Å². The van der Waals surface area contributed by atoms with E-state index in [-0.39, 0.29) is 5.41 Å². The van der Waals surface area contributed by atoms with E-state index in [1.807, 2.05) is 12.4 Å². The van der Waals surface area contributed by atoms with Gasteiger partial charge in [-0.1, -0.05) is 48.0 Å². The van der Waals surface area contributed by atoms with Gasteiger partial charge in [0.25, 0.3) is 0 Å². The molecule has 0 N–H and O–H groups in total. The molecule has 0 aromatic carbocycles. The van der Waals surface area contributed by atoms with Crippen LogP contribution in [0.1, 0.15) is 84.5 Å². The maximum absolute atomic E-state index is 4.72. The van der Waals surface area contributed by atoms with E-state index in [2.05, 4.69) is 41.5 Å². The Hall–Kier alpha value is -0.920. The maximum atomic E-state index is 4.72. The summed E-state index contributed by atoms with van der Waals surface area (Å²) >= 11 is 0. The average Bonchev–Trinajstić information content (AvgIpc) is 2.47. The lowest BCUT2D eigenvalue weighted by Crippen LogP contribution is -2.22. The van der Waals surface area contributed by atoms with E-state index < -0.39 is 0 Å². The minimum Gasteiger partial charge on any atom is -0.257 e. The molecule has 19 heavy (non-hydrogen) atoms. The number of hydrogen-bond acceptors (Lipinski definition) is 2. The zero-order valence-electron chi connectivity index (χ0n) is 13.5. The first-order chi connectivity index (χ1) is 9.02. The number of nitrogens with zero attached hydrogens (tertiary/aromatic N) is 2. The molecule has 2 heteroatoms. The van der Waals surface area contributed by atoms with Crippen LogP contribution in [0.3, 0.4) is 0 Å². The third-order valence-electron chi connectivity index (χ3n) is 5.00. The molecule has 0 aliphatic heterocycles. The highest BCUT2D eigenvalue weighted by Gasteiger charge is 2.25. The van der Waals surface area contributed by atoms with Gasteiger partial charge in [0.05, 0.1) is 11.4 Å². The van der Waals surface area contributed by atoms with Crippen LogP contribution in [0.15, 0.2) is 12.4 Å². The van der Waals surface area contributed by atoms with Crippen LogP contribution in [0, 0.1) is 5.92 Å². The monoisotopic (exact) mass is 262 g/mol. The Kier molecular flexibility index (Phi) is 5.96. The second-order valence-corrected chi connectivity index (χ2v) is 5.99. The van der Waals surface area contributed by atoms with Crippen LogP contribution in [0.4, 0.5) is 0 Å². The fraction of sp³-hybridized carbons (Fsp3) is 0.765. The summed E-state index contributed by atoms with van der Waals surface area (Å²) in [6.07, 6.45) is 8.58. The molecule has 0 saturated heterocycles. The number of rotatable bonds is 7. The van der Waals surface area contributed by atoms with Gasteiger partial charge in [-0.05, 0) is 25.2 Å². The van der Waals surface area contributed by atoms with Crippen LogP contribution in [0.25, 0.3) is 0 Å². The third-order valence-corrected chi connectivity index (χ3v) is 5.00. The zero-order valence-corrected chi connectivity index (χ0v) is 13.5. The molecule has 1 heterocycles. The van der Waals surface area contributed by atoms with Crippen LogP contribution in [0.5, 0.6) is 0 Å². The van der Waals surface area contributed by atoms with Crippen molar-refractivity contribution in [3.05, 3.63) is 23.8 Å². The summed E-state index contributed by atoms with van der Waals surface area (Å²) in [4.78, 5) is 9.43. The van der Waals surface area contributed by atoms with Gasteiger partial charge in [0.2, 0.25) is 0 Å². The van der Waals surface area contributed by atoms with E-state index in [1.165, 1.54) is 6.42 Å². The Morgan fingerprint density at radius 1 is 1.00 bits per heavy atom. The quantitative estimate of drug-likeness (QED) is 0.683. The van der Waals surface area contributed by atoms with E-state index in [9.17, 15) is 0 Å². The Balaban J connectivity index is 2.98. The molecule has 108 valence electrons. The topological polar surface area (TPSA) is 25.8 Å². The van der Waals surface area contributed by atoms with Crippen LogP contribution >= 0.6 is 0 Å². The largest absolute Gasteiger partial charge is 0.257 e. The number of aromatic nitrogens is 2. The molecular formula is C17H30N2. The molecule has 2 nitrogen and oxygen atoms in total. The zero-order chi connectivity index (χ0) is 14.5. The smallest absolute Gasteiger partial charge is 0.0645 e. The Bertz CT molecular complexity index is 365. The van der Waals surface area contributed by atoms with Gasteiger partial charge in [-0.3, -0.25) is 9.97 Å². The highest BCUT2D eigenvalue weighted by Crippen LogP contribution is 2.31. The Morgan fingerprint density at radius 2 is 1.63 bits per heavy atom. The molecule has 2 atom stereocenters. The third kappa shape index (κ3) is 3.55. The second kappa shape index (κ2) is 7.02. The van der Waals surface area contributed by atoms with Crippen molar-refractivity contribution in [1.29, 1.82) is 0 Å². The van der Waals surface area contributed by atoms with Crippen LogP contribution in [-0.2, 0) is 5.41 Å². The summed E-state index contributed by atoms with van der Waals surface area (Å²) in [5, 5.41) is 0. The van der Waals surface area contributed by atoms with Crippen LogP contribution < -0.4 is 0 Å². The van der Waals surface area contributed by atoms with Gasteiger partial charge in [-0.15, -0.1) is 0 Å². The van der Waals surface area contributed by atoms with Crippen molar-refractivity contribution in [3.63, 3.8) is 0 Å². The molecule has 0 aliphatic rings. The van der Waals surface area contributed by atoms with Crippen molar-refractivity contribution in [2.75, 3.05) is 0 Å². The van der Waals surface area contributed by atoms with E-state index in [0.717, 1.165) is 30.7 Å². The van der Waals surface area contributed by atoms with Crippen molar-refractivity contribution < 1.29 is 0 Å². The van der Waals surface area contributed by atoms with Crippen molar-refractivity contribution in [1.82, 2.24) is 9.97 Å². The molecule has 1 aromatic heterocycles. The molecule has 0 bridgehead atoms. The minimum absolute atomic E-state index is 0.170. The van der Waals surface area contributed by atoms with Gasteiger partial charge < -0.3 is 0 Å². The average molecular weight is 262 g/mol. The fourth-order valence-corrected chi connectivity index (χ4v) is 2.64. The molecule has 0 saturated carbocycles. The standard InChI is InChI=1S/C17H30N2/c1-7-13(5)14(8-2)15-11-19-16(12-18-15)17(6,9-3)10-4/h11-14H,7-10H2,1-6H3/t13-,14?/m0/s1. The molecule has 0 radical (unpaired) electrons. The molecule has 0 fully saturated rings. The molecule has 0 amide bonds. The van der Waals surface area contributed by atoms with Crippen molar-refractivity contribution in [2.24, 2.45) is 5.92 Å². The molecule has 0 aliphatic carbocycles. The first kappa shape index (κ1) is 16.1. The molecule has 0 spiro atoms. The summed E-state index contributed by atoms with van der Waals surface area (Å²) < 4.78 is 0. The van der Waals surface area contributed by atoms with E-state index in [0.29, 0.717) is 11.8 Å². The Morgan fingerprint density at radius 3 is 2.00 bits per heavy atom. The normalized spacial score (nSPS) is 15.3. The molecular weight excluding hydrogens is 232 g/mol. The van der Waals surface area contributed by atoms with Crippen molar-refractivity contribution in [3.8, 4) is 0 Å². The van der Waals surface area contributed by atoms with Crippen molar-refractivity contribution >= 4 is 0 Å². The molecule has 1 aromatic rings. The highest BCUT2D eigenvalue weighted by atomic mass is 14.8. The summed E-state index contributed by atoms with van der Waals surface area (Å²) in [7, 11) is 0. The van der Waals surface area contributed by atoms with Gasteiger partial charge in [-0.25, -0.2) is 0 Å². The summed E-state index contributed by atoms with van der Waals surface area (Å²) in [6.45, 7) is 13.5. The lowest BCUT2D eigenvalue weighted by molar-refractivity contribution is 0.411. The molecule has 1 rings (SSSR count). The molecule has 1 unspecified atom stereocenters. The lowest BCUT2D eigenvalue weighted by atomic mass is 9.81. The summed E-state index contributed by atoms with van der Waals surface area (Å²) in [5.41, 5.74) is 2.47. The van der Waals surface area contributed by atoms with Crippen LogP contribution in [-0.4, -0.2) is 9.97 Å². The minimum atomic E-state index is 0.170. The predicted octanol–water partition coefficient (Wildman–Crippen LogP) is 5.09. The summed E-state index contributed by atoms with van der Waals surface area (Å²) in [5.74, 6) is 1.22. The van der Waals surface area contributed by atoms with Gasteiger partial charge in [0.1, 0.15) is 0 Å². The maximum Gasteiger partial charge on any atom is 0.0645 e. The first-order valence-electron chi connectivity index (χ1n) is 7.84. The van der Waals surface area contributed by atoms with Gasteiger partial charge in [-0.2, -0.15) is 0 Å². The van der Waals surface area contributed by atoms with Gasteiger partial charge >= 0.3 is 0 Å². The van der Waals surface area contributed by atoms with Crippen molar-refractivity contribution in [2.45, 2.75) is 78.6 Å². The van der Waals surface area contributed by atoms with E-state index in [4.69, 9.17) is 9.97 Å². The highest BCUT2D eigenvalue weighted by molar-refractivity contribution is 5.15. The van der Waals surface area contributed by atoms with Crippen LogP contribution in [0.2, 0.25) is 0 Å². The SMILES string of the molecule is CCC(c1cnc(C(C)(CC)CC)cn1)[C@@H](C)CC. The lowest BCUT2D eigenvalue weighted by Gasteiger charge is -2.26.